The molecule has 3 heterocycles. The molecule has 5 aromatic rings. The van der Waals surface area contributed by atoms with E-state index in [-0.39, 0.29) is 0 Å². The molecule has 0 radical (unpaired) electrons. The summed E-state index contributed by atoms with van der Waals surface area (Å²) in [6, 6.07) is 20.1. The maximum absolute atomic E-state index is 13.0. The van der Waals surface area contributed by atoms with Crippen molar-refractivity contribution in [3.63, 3.8) is 0 Å². The quantitative estimate of drug-likeness (QED) is 0.156. The fourth-order valence-electron chi connectivity index (χ4n) is 6.07. The minimum atomic E-state index is -4.44. The van der Waals surface area contributed by atoms with Crippen molar-refractivity contribution in [3.8, 4) is 17.0 Å². The Morgan fingerprint density at radius 3 is 2.34 bits per heavy atom. The predicted molar refractivity (Wildman–Crippen MR) is 175 cm³/mol. The molecule has 1 aliphatic carbocycles. The number of fused-ring (bicyclic) bond motifs is 1. The van der Waals surface area contributed by atoms with Crippen molar-refractivity contribution in [1.82, 2.24) is 14.5 Å². The molecule has 0 saturated heterocycles. The first-order valence-electron chi connectivity index (χ1n) is 15.9. The van der Waals surface area contributed by atoms with E-state index in [1.54, 1.807) is 13.8 Å². The van der Waals surface area contributed by atoms with Crippen LogP contribution in [0, 0.1) is 18.3 Å². The van der Waals surface area contributed by atoms with Gasteiger partial charge < -0.3 is 14.4 Å². The van der Waals surface area contributed by atoms with Gasteiger partial charge in [-0.25, -0.2) is 0 Å². The summed E-state index contributed by atoms with van der Waals surface area (Å²) in [6.07, 6.45) is 2.98. The first kappa shape index (κ1) is 32.3. The van der Waals surface area contributed by atoms with Crippen molar-refractivity contribution < 1.29 is 27.8 Å². The average Bonchev–Trinajstić information content (AvgIpc) is 3.28. The summed E-state index contributed by atoms with van der Waals surface area (Å²) in [7, 11) is 0. The number of hydrogen-bond acceptors (Lipinski definition) is 4. The number of nitrogens with zero attached hydrogens (tertiary/aromatic N) is 3. The summed E-state index contributed by atoms with van der Waals surface area (Å²) in [4.78, 5) is 20.8. The van der Waals surface area contributed by atoms with E-state index in [0.29, 0.717) is 36.7 Å². The number of carboxylic acid groups (broad SMARTS) is 1. The first-order valence-corrected chi connectivity index (χ1v) is 15.9. The third-order valence-corrected chi connectivity index (χ3v) is 9.20. The number of carboxylic acids is 1. The second kappa shape index (κ2) is 12.9. The highest BCUT2D eigenvalue weighted by molar-refractivity contribution is 5.88. The van der Waals surface area contributed by atoms with Crippen molar-refractivity contribution in [2.24, 2.45) is 11.3 Å². The Bertz CT molecular complexity index is 1870. The van der Waals surface area contributed by atoms with E-state index in [2.05, 4.69) is 26.7 Å². The van der Waals surface area contributed by atoms with Gasteiger partial charge in [0.05, 0.1) is 22.4 Å². The first-order chi connectivity index (χ1) is 22.4. The fourth-order valence-corrected chi connectivity index (χ4v) is 6.07. The molecule has 0 spiro atoms. The van der Waals surface area contributed by atoms with E-state index in [1.165, 1.54) is 18.1 Å². The second-order valence-electron chi connectivity index (χ2n) is 13.3. The highest BCUT2D eigenvalue weighted by Gasteiger charge is 2.33. The minimum absolute atomic E-state index is 0.337. The van der Waals surface area contributed by atoms with Crippen LogP contribution in [-0.2, 0) is 37.0 Å². The standard InChI is InChI=1S/C38H38F3N3O3/c1-24-7-13-29(42-20-24)23-47-30-14-16-34-32(18-30)31(17-25-5-4-6-25)35(19-37(2,3)36(45)46)44(34)22-26-8-10-27(11-9-26)33-15-12-28(21-43-33)38(39,40)41/h7-16,18,20-21,25H,4-6,17,19,22-23H2,1-3H3,(H,45,46). The molecule has 0 bridgehead atoms. The van der Waals surface area contributed by atoms with E-state index in [4.69, 9.17) is 4.74 Å². The zero-order valence-corrected chi connectivity index (χ0v) is 26.8. The molecular weight excluding hydrogens is 603 g/mol. The molecule has 47 heavy (non-hydrogen) atoms. The van der Waals surface area contributed by atoms with E-state index in [0.717, 1.165) is 70.7 Å². The normalized spacial score (nSPS) is 13.9. The molecule has 0 unspecified atom stereocenters. The number of aliphatic carboxylic acids is 1. The van der Waals surface area contributed by atoms with Crippen LogP contribution in [0.25, 0.3) is 22.2 Å². The van der Waals surface area contributed by atoms with Gasteiger partial charge in [-0.1, -0.05) is 49.6 Å². The zero-order valence-electron chi connectivity index (χ0n) is 26.8. The molecule has 1 aliphatic rings. The molecule has 2 aromatic carbocycles. The zero-order chi connectivity index (χ0) is 33.3. The van der Waals surface area contributed by atoms with E-state index < -0.39 is 23.1 Å². The van der Waals surface area contributed by atoms with Gasteiger partial charge in [0.25, 0.3) is 0 Å². The van der Waals surface area contributed by atoms with Crippen LogP contribution >= 0.6 is 0 Å². The highest BCUT2D eigenvalue weighted by Crippen LogP contribution is 2.39. The molecule has 6 nitrogen and oxygen atoms in total. The molecule has 1 fully saturated rings. The van der Waals surface area contributed by atoms with Gasteiger partial charge in [-0.2, -0.15) is 13.2 Å². The number of hydrogen-bond donors (Lipinski definition) is 1. The van der Waals surface area contributed by atoms with Crippen molar-refractivity contribution in [3.05, 3.63) is 113 Å². The monoisotopic (exact) mass is 641 g/mol. The van der Waals surface area contributed by atoms with E-state index in [9.17, 15) is 23.1 Å². The summed E-state index contributed by atoms with van der Waals surface area (Å²) in [5.74, 6) is 0.425. The third kappa shape index (κ3) is 7.19. The number of ether oxygens (including phenoxy) is 1. The number of benzene rings is 2. The lowest BCUT2D eigenvalue weighted by molar-refractivity contribution is -0.146. The van der Waals surface area contributed by atoms with Gasteiger partial charge in [0.15, 0.2) is 0 Å². The Balaban J connectivity index is 1.36. The Labute approximate surface area is 272 Å². The Morgan fingerprint density at radius 2 is 1.74 bits per heavy atom. The lowest BCUT2D eigenvalue weighted by Gasteiger charge is -2.27. The van der Waals surface area contributed by atoms with Gasteiger partial charge in [-0.3, -0.25) is 14.8 Å². The Kier molecular flexibility index (Phi) is 8.83. The van der Waals surface area contributed by atoms with Gasteiger partial charge in [0.1, 0.15) is 12.4 Å². The molecule has 0 amide bonds. The number of pyridine rings is 2. The summed E-state index contributed by atoms with van der Waals surface area (Å²) in [6.45, 7) is 6.36. The lowest BCUT2D eigenvalue weighted by Crippen LogP contribution is -2.28. The van der Waals surface area contributed by atoms with E-state index >= 15 is 0 Å². The van der Waals surface area contributed by atoms with Crippen molar-refractivity contribution in [2.75, 3.05) is 0 Å². The SMILES string of the molecule is Cc1ccc(COc2ccc3c(c2)c(CC2CCC2)c(CC(C)(C)C(=O)O)n3Cc2ccc(-c3ccc(C(F)(F)F)cn3)cc2)nc1. The molecule has 244 valence electrons. The maximum Gasteiger partial charge on any atom is 0.417 e. The number of carbonyl (C=O) groups is 1. The molecule has 0 aliphatic heterocycles. The lowest BCUT2D eigenvalue weighted by atomic mass is 9.79. The van der Waals surface area contributed by atoms with E-state index in [1.807, 2.05) is 55.6 Å². The smallest absolute Gasteiger partial charge is 0.417 e. The summed E-state index contributed by atoms with van der Waals surface area (Å²) in [5, 5.41) is 11.2. The van der Waals surface area contributed by atoms with Crippen LogP contribution < -0.4 is 4.74 Å². The van der Waals surface area contributed by atoms with Crippen LogP contribution in [0.1, 0.15) is 66.8 Å². The largest absolute Gasteiger partial charge is 0.487 e. The highest BCUT2D eigenvalue weighted by atomic mass is 19.4. The summed E-state index contributed by atoms with van der Waals surface area (Å²) < 4.78 is 47.5. The third-order valence-electron chi connectivity index (χ3n) is 9.20. The molecule has 0 atom stereocenters. The van der Waals surface area contributed by atoms with Crippen molar-refractivity contribution in [2.45, 2.75) is 72.2 Å². The number of aryl methyl sites for hydroxylation is 1. The van der Waals surface area contributed by atoms with Crippen LogP contribution in [0.4, 0.5) is 13.2 Å². The average molecular weight is 642 g/mol. The van der Waals surface area contributed by atoms with Crippen LogP contribution in [0.5, 0.6) is 5.75 Å². The van der Waals surface area contributed by atoms with Crippen molar-refractivity contribution >= 4 is 16.9 Å². The van der Waals surface area contributed by atoms with Crippen LogP contribution in [-0.4, -0.2) is 25.6 Å². The van der Waals surface area contributed by atoms with Gasteiger partial charge in [-0.05, 0) is 86.2 Å². The molecule has 3 aromatic heterocycles. The van der Waals surface area contributed by atoms with Crippen molar-refractivity contribution in [1.29, 1.82) is 0 Å². The van der Waals surface area contributed by atoms with Gasteiger partial charge >= 0.3 is 12.1 Å². The van der Waals surface area contributed by atoms with Gasteiger partial charge in [0.2, 0.25) is 0 Å². The van der Waals surface area contributed by atoms with Gasteiger partial charge in [0, 0.05) is 47.5 Å². The second-order valence-corrected chi connectivity index (χ2v) is 13.3. The Hall–Kier alpha value is -4.66. The molecule has 1 saturated carbocycles. The number of alkyl halides is 3. The molecule has 9 heteroatoms. The Morgan fingerprint density at radius 1 is 0.979 bits per heavy atom. The number of aromatic nitrogens is 3. The number of halogens is 3. The molecule has 1 N–H and O–H groups in total. The molecular formula is C38H38F3N3O3. The maximum atomic E-state index is 13.0. The number of rotatable bonds is 11. The topological polar surface area (TPSA) is 77.2 Å². The minimum Gasteiger partial charge on any atom is -0.487 e. The van der Waals surface area contributed by atoms with Crippen LogP contribution in [0.15, 0.2) is 79.1 Å². The predicted octanol–water partition coefficient (Wildman–Crippen LogP) is 9.05. The summed E-state index contributed by atoms with van der Waals surface area (Å²) >= 11 is 0. The van der Waals surface area contributed by atoms with Crippen LogP contribution in [0.3, 0.4) is 0 Å². The molecule has 6 rings (SSSR count). The fraction of sp³-hybridized carbons (Fsp3) is 0.342. The summed E-state index contributed by atoms with van der Waals surface area (Å²) in [5.41, 5.74) is 5.47. The van der Waals surface area contributed by atoms with Crippen LogP contribution in [0.2, 0.25) is 0 Å². The van der Waals surface area contributed by atoms with Gasteiger partial charge in [-0.15, -0.1) is 0 Å².